The average molecular weight is 219 g/mol. The van der Waals surface area contributed by atoms with Gasteiger partial charge in [0, 0.05) is 0 Å². The molecule has 0 aliphatic heterocycles. The fourth-order valence-electron chi connectivity index (χ4n) is 1.42. The van der Waals surface area contributed by atoms with Crippen molar-refractivity contribution in [2.24, 2.45) is 0 Å². The van der Waals surface area contributed by atoms with E-state index in [0.29, 0.717) is 24.7 Å². The van der Waals surface area contributed by atoms with Crippen LogP contribution in [0.1, 0.15) is 17.3 Å². The molecule has 0 bridgehead atoms. The maximum atomic E-state index is 9.30. The van der Waals surface area contributed by atoms with E-state index < -0.39 is 0 Å². The van der Waals surface area contributed by atoms with E-state index in [1.54, 1.807) is 18.2 Å². The molecule has 0 amide bonds. The fourth-order valence-corrected chi connectivity index (χ4v) is 1.42. The van der Waals surface area contributed by atoms with Crippen molar-refractivity contribution < 1.29 is 9.52 Å². The molecule has 5 nitrogen and oxygen atoms in total. The number of nitrogens with zero attached hydrogens (tertiary/aromatic N) is 2. The Labute approximate surface area is 93.1 Å². The van der Waals surface area contributed by atoms with E-state index in [4.69, 9.17) is 4.42 Å². The number of aromatic nitrogens is 2. The highest BCUT2D eigenvalue weighted by Crippen LogP contribution is 2.14. The molecule has 0 atom stereocenters. The van der Waals surface area contributed by atoms with Crippen LogP contribution in [0.2, 0.25) is 0 Å². The monoisotopic (exact) mass is 219 g/mol. The number of phenols is 1. The van der Waals surface area contributed by atoms with E-state index in [1.165, 1.54) is 0 Å². The van der Waals surface area contributed by atoms with Gasteiger partial charge in [0.15, 0.2) is 0 Å². The number of hydrogen-bond donors (Lipinski definition) is 2. The second kappa shape index (κ2) is 4.76. The van der Waals surface area contributed by atoms with Crippen molar-refractivity contribution in [2.75, 3.05) is 7.05 Å². The van der Waals surface area contributed by atoms with Crippen molar-refractivity contribution in [3.8, 4) is 5.75 Å². The first-order valence-electron chi connectivity index (χ1n) is 5.01. The van der Waals surface area contributed by atoms with Crippen LogP contribution in [0.25, 0.3) is 0 Å². The molecule has 84 valence electrons. The lowest BCUT2D eigenvalue weighted by atomic mass is 10.1. The molecule has 0 spiro atoms. The Morgan fingerprint density at radius 1 is 1.31 bits per heavy atom. The molecule has 0 fully saturated rings. The zero-order valence-corrected chi connectivity index (χ0v) is 8.97. The second-order valence-corrected chi connectivity index (χ2v) is 3.47. The standard InChI is InChI=1S/C11H13N3O2/c1-12-7-11-14-13-10(16-11)6-8-3-2-4-9(15)5-8/h2-5,12,15H,6-7H2,1H3. The Kier molecular flexibility index (Phi) is 3.16. The van der Waals surface area contributed by atoms with Gasteiger partial charge in [-0.1, -0.05) is 12.1 Å². The number of rotatable bonds is 4. The predicted octanol–water partition coefficient (Wildman–Crippen LogP) is 1.09. The molecule has 0 unspecified atom stereocenters. The second-order valence-electron chi connectivity index (χ2n) is 3.47. The van der Waals surface area contributed by atoms with Crippen LogP contribution in [0.4, 0.5) is 0 Å². The van der Waals surface area contributed by atoms with Crippen molar-refractivity contribution in [1.29, 1.82) is 0 Å². The summed E-state index contributed by atoms with van der Waals surface area (Å²) in [5.74, 6) is 1.36. The quantitative estimate of drug-likeness (QED) is 0.805. The molecule has 1 aromatic carbocycles. The van der Waals surface area contributed by atoms with Gasteiger partial charge in [0.25, 0.3) is 0 Å². The van der Waals surface area contributed by atoms with E-state index in [1.807, 2.05) is 13.1 Å². The highest BCUT2D eigenvalue weighted by Gasteiger charge is 2.06. The largest absolute Gasteiger partial charge is 0.508 e. The number of phenolic OH excluding ortho intramolecular Hbond substituents is 1. The molecule has 5 heteroatoms. The van der Waals surface area contributed by atoms with Crippen molar-refractivity contribution in [1.82, 2.24) is 15.5 Å². The minimum Gasteiger partial charge on any atom is -0.508 e. The van der Waals surface area contributed by atoms with Gasteiger partial charge in [0.2, 0.25) is 11.8 Å². The summed E-state index contributed by atoms with van der Waals surface area (Å²) in [6.45, 7) is 0.563. The predicted molar refractivity (Wildman–Crippen MR) is 58.0 cm³/mol. The van der Waals surface area contributed by atoms with E-state index in [9.17, 15) is 5.11 Å². The summed E-state index contributed by atoms with van der Waals surface area (Å²) in [6, 6.07) is 7.00. The van der Waals surface area contributed by atoms with Gasteiger partial charge in [-0.2, -0.15) is 0 Å². The van der Waals surface area contributed by atoms with E-state index in [2.05, 4.69) is 15.5 Å². The lowest BCUT2D eigenvalue weighted by molar-refractivity contribution is 0.446. The molecule has 16 heavy (non-hydrogen) atoms. The van der Waals surface area contributed by atoms with Crippen LogP contribution < -0.4 is 5.32 Å². The van der Waals surface area contributed by atoms with Crippen LogP contribution in [-0.4, -0.2) is 22.4 Å². The lowest BCUT2D eigenvalue weighted by Crippen LogP contribution is -2.04. The summed E-state index contributed by atoms with van der Waals surface area (Å²) < 4.78 is 5.40. The van der Waals surface area contributed by atoms with Gasteiger partial charge >= 0.3 is 0 Å². The first-order valence-corrected chi connectivity index (χ1v) is 5.01. The van der Waals surface area contributed by atoms with Crippen LogP contribution in [0.15, 0.2) is 28.7 Å². The van der Waals surface area contributed by atoms with E-state index in [-0.39, 0.29) is 5.75 Å². The van der Waals surface area contributed by atoms with Gasteiger partial charge in [-0.25, -0.2) is 0 Å². The number of benzene rings is 1. The first kappa shape index (κ1) is 10.6. The van der Waals surface area contributed by atoms with Gasteiger partial charge in [-0.15, -0.1) is 10.2 Å². The lowest BCUT2D eigenvalue weighted by Gasteiger charge is -1.97. The highest BCUT2D eigenvalue weighted by atomic mass is 16.4. The summed E-state index contributed by atoms with van der Waals surface area (Å²) in [4.78, 5) is 0. The summed E-state index contributed by atoms with van der Waals surface area (Å²) in [5.41, 5.74) is 0.944. The van der Waals surface area contributed by atoms with Gasteiger partial charge in [-0.05, 0) is 24.7 Å². The van der Waals surface area contributed by atoms with Crippen LogP contribution in [0, 0.1) is 0 Å². The van der Waals surface area contributed by atoms with Gasteiger partial charge in [-0.3, -0.25) is 0 Å². The number of nitrogens with one attached hydrogen (secondary N) is 1. The fraction of sp³-hybridized carbons (Fsp3) is 0.273. The number of aromatic hydroxyl groups is 1. The van der Waals surface area contributed by atoms with E-state index >= 15 is 0 Å². The molecule has 2 rings (SSSR count). The maximum Gasteiger partial charge on any atom is 0.230 e. The normalized spacial score (nSPS) is 10.6. The summed E-state index contributed by atoms with van der Waals surface area (Å²) in [6.07, 6.45) is 0.533. The molecule has 0 saturated carbocycles. The molecule has 0 radical (unpaired) electrons. The van der Waals surface area contributed by atoms with Crippen molar-refractivity contribution in [2.45, 2.75) is 13.0 Å². The summed E-state index contributed by atoms with van der Waals surface area (Å²) in [7, 11) is 1.82. The zero-order valence-electron chi connectivity index (χ0n) is 8.97. The van der Waals surface area contributed by atoms with Crippen LogP contribution in [-0.2, 0) is 13.0 Å². The van der Waals surface area contributed by atoms with Gasteiger partial charge in [0.1, 0.15) is 5.75 Å². The summed E-state index contributed by atoms with van der Waals surface area (Å²) >= 11 is 0. The third-order valence-electron chi connectivity index (χ3n) is 2.10. The molecule has 1 aromatic heterocycles. The zero-order chi connectivity index (χ0) is 11.4. The van der Waals surface area contributed by atoms with Gasteiger partial charge < -0.3 is 14.8 Å². The molecule has 0 aliphatic rings. The third kappa shape index (κ3) is 2.58. The van der Waals surface area contributed by atoms with Crippen molar-refractivity contribution in [3.05, 3.63) is 41.6 Å². The molecular weight excluding hydrogens is 206 g/mol. The topological polar surface area (TPSA) is 71.2 Å². The third-order valence-corrected chi connectivity index (χ3v) is 2.10. The summed E-state index contributed by atoms with van der Waals surface area (Å²) in [5, 5.41) is 20.0. The van der Waals surface area contributed by atoms with Crippen LogP contribution in [0.3, 0.4) is 0 Å². The minimum absolute atomic E-state index is 0.243. The van der Waals surface area contributed by atoms with Crippen LogP contribution >= 0.6 is 0 Å². The maximum absolute atomic E-state index is 9.30. The molecular formula is C11H13N3O2. The molecule has 0 aliphatic carbocycles. The van der Waals surface area contributed by atoms with Gasteiger partial charge in [0.05, 0.1) is 13.0 Å². The Hall–Kier alpha value is -1.88. The van der Waals surface area contributed by atoms with Crippen molar-refractivity contribution >= 4 is 0 Å². The van der Waals surface area contributed by atoms with E-state index in [0.717, 1.165) is 5.56 Å². The van der Waals surface area contributed by atoms with Crippen molar-refractivity contribution in [3.63, 3.8) is 0 Å². The Morgan fingerprint density at radius 3 is 2.88 bits per heavy atom. The molecule has 0 saturated heterocycles. The molecule has 1 heterocycles. The Balaban J connectivity index is 2.08. The molecule has 2 N–H and O–H groups in total. The Bertz CT molecular complexity index is 468. The Morgan fingerprint density at radius 2 is 2.12 bits per heavy atom. The van der Waals surface area contributed by atoms with Crippen LogP contribution in [0.5, 0.6) is 5.75 Å². The smallest absolute Gasteiger partial charge is 0.230 e. The SMILES string of the molecule is CNCc1nnc(Cc2cccc(O)c2)o1. The molecule has 2 aromatic rings. The average Bonchev–Trinajstić information content (AvgIpc) is 2.66. The highest BCUT2D eigenvalue weighted by molar-refractivity contribution is 5.28. The first-order chi connectivity index (χ1) is 7.78. The number of hydrogen-bond acceptors (Lipinski definition) is 5. The minimum atomic E-state index is 0.243.